The molecular weight excluding hydrogens is 503 g/mol. The number of para-hydroxylation sites is 2. The molecule has 2 atom stereocenters. The maximum absolute atomic E-state index is 14.4. The normalized spacial score (nSPS) is 15.3. The molecule has 1 aliphatic rings. The van der Waals surface area contributed by atoms with E-state index in [0.717, 1.165) is 30.1 Å². The van der Waals surface area contributed by atoms with Crippen molar-refractivity contribution in [2.24, 2.45) is 0 Å². The number of ether oxygens (including phenoxy) is 1. The van der Waals surface area contributed by atoms with Crippen molar-refractivity contribution in [3.8, 4) is 5.75 Å². The monoisotopic (exact) mass is 534 g/mol. The number of benzene rings is 4. The van der Waals surface area contributed by atoms with Gasteiger partial charge in [-0.15, -0.1) is 12.4 Å². The number of aryl methyl sites for hydroxylation is 1. The third-order valence-electron chi connectivity index (χ3n) is 6.99. The Kier molecular flexibility index (Phi) is 8.87. The van der Waals surface area contributed by atoms with Gasteiger partial charge in [0.25, 0.3) is 0 Å². The van der Waals surface area contributed by atoms with Gasteiger partial charge in [-0.2, -0.15) is 0 Å². The van der Waals surface area contributed by atoms with Crippen molar-refractivity contribution in [3.05, 3.63) is 102 Å². The van der Waals surface area contributed by atoms with Crippen molar-refractivity contribution in [2.45, 2.75) is 38.3 Å². The van der Waals surface area contributed by atoms with E-state index in [2.05, 4.69) is 59.6 Å². The zero-order chi connectivity index (χ0) is 25.8. The van der Waals surface area contributed by atoms with Gasteiger partial charge in [0.2, 0.25) is 0 Å². The first-order chi connectivity index (χ1) is 18.0. The summed E-state index contributed by atoms with van der Waals surface area (Å²) >= 11 is 0. The van der Waals surface area contributed by atoms with Crippen LogP contribution < -0.4 is 15.0 Å². The lowest BCUT2D eigenvalue weighted by atomic mass is 9.99. The van der Waals surface area contributed by atoms with E-state index in [0.29, 0.717) is 12.1 Å². The van der Waals surface area contributed by atoms with E-state index in [1.807, 2.05) is 24.3 Å². The average molecular weight is 535 g/mol. The molecule has 0 spiro atoms. The molecule has 0 radical (unpaired) electrons. The number of carbonyl (C=O) groups is 1. The topological polar surface area (TPSA) is 61.8 Å². The van der Waals surface area contributed by atoms with Crippen LogP contribution in [-0.2, 0) is 11.2 Å². The molecule has 0 bridgehead atoms. The molecule has 4 aromatic carbocycles. The Labute approximate surface area is 228 Å². The largest absolute Gasteiger partial charge is 0.486 e. The maximum Gasteiger partial charge on any atom is 0.303 e. The first kappa shape index (κ1) is 27.4. The molecule has 1 heterocycles. The standard InChI is InChI=1S/C31H31FN2O3.ClH/c1-21(26-10-6-8-22-7-2-3-9-27(22)26)33-18-17-25-20-34(29-11-4-5-12-30(29)37-25)24-14-15-28(32)23(19-24)13-16-31(35)36;/h2-12,14-15,19,21,25,33H,13,16-18,20H2,1H3,(H,35,36);1H/t21-,25?;/m1./s1. The minimum atomic E-state index is -0.938. The summed E-state index contributed by atoms with van der Waals surface area (Å²) in [5.41, 5.74) is 3.44. The molecule has 1 aliphatic heterocycles. The van der Waals surface area contributed by atoms with Gasteiger partial charge in [0.1, 0.15) is 17.7 Å². The third kappa shape index (κ3) is 6.09. The van der Waals surface area contributed by atoms with Crippen LogP contribution in [0, 0.1) is 5.82 Å². The number of aliphatic carboxylic acids is 1. The Morgan fingerprint density at radius 1 is 1.08 bits per heavy atom. The Bertz CT molecular complexity index is 1410. The van der Waals surface area contributed by atoms with Crippen LogP contribution in [0.25, 0.3) is 10.8 Å². The van der Waals surface area contributed by atoms with E-state index in [1.165, 1.54) is 22.4 Å². The zero-order valence-electron chi connectivity index (χ0n) is 21.3. The number of nitrogens with zero attached hydrogens (tertiary/aromatic N) is 1. The predicted octanol–water partition coefficient (Wildman–Crippen LogP) is 7.06. The summed E-state index contributed by atoms with van der Waals surface area (Å²) in [6.45, 7) is 3.58. The van der Waals surface area contributed by atoms with Gasteiger partial charge in [0.05, 0.1) is 12.2 Å². The molecular formula is C31H32ClFN2O3. The van der Waals surface area contributed by atoms with Crippen LogP contribution in [0.15, 0.2) is 84.9 Å². The van der Waals surface area contributed by atoms with E-state index >= 15 is 0 Å². The molecule has 5 nitrogen and oxygen atoms in total. The summed E-state index contributed by atoms with van der Waals surface area (Å²) < 4.78 is 20.7. The van der Waals surface area contributed by atoms with Gasteiger partial charge in [-0.05, 0) is 78.5 Å². The van der Waals surface area contributed by atoms with Gasteiger partial charge in [-0.25, -0.2) is 4.39 Å². The Morgan fingerprint density at radius 3 is 2.68 bits per heavy atom. The fraction of sp³-hybridized carbons (Fsp3) is 0.258. The average Bonchev–Trinajstić information content (AvgIpc) is 2.91. The number of anilines is 2. The minimum Gasteiger partial charge on any atom is -0.486 e. The lowest BCUT2D eigenvalue weighted by molar-refractivity contribution is -0.136. The van der Waals surface area contributed by atoms with Gasteiger partial charge >= 0.3 is 5.97 Å². The molecule has 5 rings (SSSR count). The zero-order valence-corrected chi connectivity index (χ0v) is 22.1. The highest BCUT2D eigenvalue weighted by Crippen LogP contribution is 2.39. The molecule has 0 fully saturated rings. The van der Waals surface area contributed by atoms with Crippen LogP contribution >= 0.6 is 12.4 Å². The van der Waals surface area contributed by atoms with Crippen LogP contribution in [0.5, 0.6) is 5.75 Å². The predicted molar refractivity (Wildman–Crippen MR) is 152 cm³/mol. The number of fused-ring (bicyclic) bond motifs is 2. The number of carboxylic acids is 1. The van der Waals surface area contributed by atoms with E-state index in [4.69, 9.17) is 9.84 Å². The highest BCUT2D eigenvalue weighted by atomic mass is 35.5. The fourth-order valence-electron chi connectivity index (χ4n) is 5.05. The highest BCUT2D eigenvalue weighted by Gasteiger charge is 2.27. The Morgan fingerprint density at radius 2 is 1.84 bits per heavy atom. The van der Waals surface area contributed by atoms with Crippen LogP contribution in [0.2, 0.25) is 0 Å². The second-order valence-electron chi connectivity index (χ2n) is 9.52. The number of nitrogens with one attached hydrogen (secondary N) is 1. The quantitative estimate of drug-likeness (QED) is 0.241. The van der Waals surface area contributed by atoms with Gasteiger partial charge in [0.15, 0.2) is 0 Å². The molecule has 2 N–H and O–H groups in total. The van der Waals surface area contributed by atoms with E-state index in [-0.39, 0.29) is 43.2 Å². The Hall–Kier alpha value is -3.61. The van der Waals surface area contributed by atoms with Gasteiger partial charge < -0.3 is 20.1 Å². The lowest BCUT2D eigenvalue weighted by Crippen LogP contribution is -2.39. The SMILES string of the molecule is C[C@@H](NCCC1CN(c2ccc(F)c(CCC(=O)O)c2)c2ccccc2O1)c1cccc2ccccc12.Cl. The molecule has 0 amide bonds. The first-order valence-corrected chi connectivity index (χ1v) is 12.7. The van der Waals surface area contributed by atoms with Crippen LogP contribution in [0.1, 0.15) is 36.9 Å². The molecule has 1 unspecified atom stereocenters. The molecule has 0 aromatic heterocycles. The van der Waals surface area contributed by atoms with Crippen molar-refractivity contribution >= 4 is 40.5 Å². The molecule has 0 saturated carbocycles. The summed E-state index contributed by atoms with van der Waals surface area (Å²) in [6, 6.07) is 27.8. The van der Waals surface area contributed by atoms with Crippen molar-refractivity contribution in [1.82, 2.24) is 5.32 Å². The second kappa shape index (κ2) is 12.3. The number of rotatable bonds is 9. The van der Waals surface area contributed by atoms with Crippen molar-refractivity contribution in [2.75, 3.05) is 18.0 Å². The molecule has 38 heavy (non-hydrogen) atoms. The lowest BCUT2D eigenvalue weighted by Gasteiger charge is -2.36. The number of halogens is 2. The van der Waals surface area contributed by atoms with Gasteiger partial charge in [0, 0.05) is 18.2 Å². The molecule has 4 aromatic rings. The minimum absolute atomic E-state index is 0. The summed E-state index contributed by atoms with van der Waals surface area (Å²) in [7, 11) is 0. The summed E-state index contributed by atoms with van der Waals surface area (Å²) in [5.74, 6) is -0.529. The van der Waals surface area contributed by atoms with Crippen LogP contribution in [0.4, 0.5) is 15.8 Å². The summed E-state index contributed by atoms with van der Waals surface area (Å²) in [5, 5.41) is 15.2. The third-order valence-corrected chi connectivity index (χ3v) is 6.99. The van der Waals surface area contributed by atoms with Crippen molar-refractivity contribution in [3.63, 3.8) is 0 Å². The summed E-state index contributed by atoms with van der Waals surface area (Å²) in [4.78, 5) is 13.2. The highest BCUT2D eigenvalue weighted by molar-refractivity contribution is 5.86. The smallest absolute Gasteiger partial charge is 0.303 e. The molecule has 7 heteroatoms. The van der Waals surface area contributed by atoms with E-state index in [9.17, 15) is 9.18 Å². The van der Waals surface area contributed by atoms with Crippen LogP contribution in [-0.4, -0.2) is 30.3 Å². The second-order valence-corrected chi connectivity index (χ2v) is 9.52. The molecule has 198 valence electrons. The summed E-state index contributed by atoms with van der Waals surface area (Å²) in [6.07, 6.45) is 0.783. The molecule has 0 aliphatic carbocycles. The number of hydrogen-bond acceptors (Lipinski definition) is 4. The Balaban J connectivity index is 0.00000336. The number of hydrogen-bond donors (Lipinski definition) is 2. The van der Waals surface area contributed by atoms with E-state index in [1.54, 1.807) is 12.1 Å². The van der Waals surface area contributed by atoms with Gasteiger partial charge in [-0.3, -0.25) is 4.79 Å². The molecule has 0 saturated heterocycles. The first-order valence-electron chi connectivity index (χ1n) is 12.7. The van der Waals surface area contributed by atoms with Crippen molar-refractivity contribution < 1.29 is 19.0 Å². The van der Waals surface area contributed by atoms with Gasteiger partial charge in [-0.1, -0.05) is 54.6 Å². The number of carboxylic acid groups (broad SMARTS) is 1. The fourth-order valence-corrected chi connectivity index (χ4v) is 5.05. The van der Waals surface area contributed by atoms with Crippen molar-refractivity contribution in [1.29, 1.82) is 0 Å². The maximum atomic E-state index is 14.4. The van der Waals surface area contributed by atoms with E-state index < -0.39 is 5.97 Å². The van der Waals surface area contributed by atoms with Crippen LogP contribution in [0.3, 0.4) is 0 Å².